The van der Waals surface area contributed by atoms with Gasteiger partial charge in [-0.15, -0.1) is 0 Å². The minimum absolute atomic E-state index is 0.00422. The molecular formula is C16H22N2O3. The lowest BCUT2D eigenvalue weighted by atomic mass is 10.1. The number of hydrogen-bond donors (Lipinski definition) is 2. The Hall–Kier alpha value is -2.04. The Morgan fingerprint density at radius 2 is 2.29 bits per heavy atom. The van der Waals surface area contributed by atoms with Crippen molar-refractivity contribution in [1.82, 2.24) is 10.6 Å². The van der Waals surface area contributed by atoms with E-state index in [4.69, 9.17) is 4.74 Å². The molecule has 21 heavy (non-hydrogen) atoms. The molecule has 1 aromatic rings. The van der Waals surface area contributed by atoms with Crippen LogP contribution in [0.3, 0.4) is 0 Å². The molecule has 2 amide bonds. The lowest BCUT2D eigenvalue weighted by molar-refractivity contribution is -0.122. The molecule has 114 valence electrons. The summed E-state index contributed by atoms with van der Waals surface area (Å²) in [4.78, 5) is 23.3. The van der Waals surface area contributed by atoms with Crippen LogP contribution in [0, 0.1) is 5.92 Å². The van der Waals surface area contributed by atoms with Gasteiger partial charge >= 0.3 is 0 Å². The van der Waals surface area contributed by atoms with E-state index < -0.39 is 0 Å². The number of ether oxygens (including phenoxy) is 1. The van der Waals surface area contributed by atoms with Crippen molar-refractivity contribution in [3.05, 3.63) is 29.8 Å². The van der Waals surface area contributed by atoms with Gasteiger partial charge in [0.2, 0.25) is 5.91 Å². The lowest BCUT2D eigenvalue weighted by Crippen LogP contribution is -2.47. The molecule has 0 radical (unpaired) electrons. The lowest BCUT2D eigenvalue weighted by Gasteiger charge is -2.23. The Balaban J connectivity index is 1.92. The first-order chi connectivity index (χ1) is 10.0. The average Bonchev–Trinajstić information content (AvgIpc) is 2.48. The Morgan fingerprint density at radius 1 is 1.48 bits per heavy atom. The molecule has 5 heteroatoms. The molecule has 0 spiro atoms. The van der Waals surface area contributed by atoms with E-state index in [1.807, 2.05) is 12.1 Å². The van der Waals surface area contributed by atoms with Gasteiger partial charge < -0.3 is 15.4 Å². The summed E-state index contributed by atoms with van der Waals surface area (Å²) >= 11 is 0. The maximum atomic E-state index is 12.2. The normalized spacial score (nSPS) is 18.2. The van der Waals surface area contributed by atoms with E-state index in [0.717, 1.165) is 0 Å². The smallest absolute Gasteiger partial charge is 0.251 e. The summed E-state index contributed by atoms with van der Waals surface area (Å²) in [6.07, 6.45) is 1.14. The van der Waals surface area contributed by atoms with E-state index in [-0.39, 0.29) is 17.9 Å². The molecule has 1 unspecified atom stereocenters. The Morgan fingerprint density at radius 3 is 2.95 bits per heavy atom. The van der Waals surface area contributed by atoms with Crippen molar-refractivity contribution in [3.8, 4) is 5.75 Å². The van der Waals surface area contributed by atoms with Crippen molar-refractivity contribution in [2.45, 2.75) is 32.7 Å². The maximum Gasteiger partial charge on any atom is 0.251 e. The minimum atomic E-state index is -0.133. The molecule has 1 fully saturated rings. The highest BCUT2D eigenvalue weighted by molar-refractivity contribution is 5.94. The zero-order valence-corrected chi connectivity index (χ0v) is 12.5. The summed E-state index contributed by atoms with van der Waals surface area (Å²) < 4.78 is 5.63. The Bertz CT molecular complexity index is 504. The van der Waals surface area contributed by atoms with Crippen molar-refractivity contribution in [3.63, 3.8) is 0 Å². The van der Waals surface area contributed by atoms with E-state index in [0.29, 0.717) is 43.2 Å². The summed E-state index contributed by atoms with van der Waals surface area (Å²) in [6, 6.07) is 7.17. The number of nitrogens with one attached hydrogen (secondary N) is 2. The molecule has 1 heterocycles. The Labute approximate surface area is 125 Å². The van der Waals surface area contributed by atoms with Gasteiger partial charge in [0.15, 0.2) is 0 Å². The third-order valence-corrected chi connectivity index (χ3v) is 3.28. The van der Waals surface area contributed by atoms with Crippen LogP contribution in [0.25, 0.3) is 0 Å². The van der Waals surface area contributed by atoms with Crippen LogP contribution >= 0.6 is 0 Å². The molecule has 2 N–H and O–H groups in total. The second-order valence-electron chi connectivity index (χ2n) is 5.75. The number of rotatable bonds is 5. The SMILES string of the molecule is CC(C)COc1cccc(C(=O)NC2CCC(=O)NC2)c1. The summed E-state index contributed by atoms with van der Waals surface area (Å²) in [5, 5.41) is 5.69. The first-order valence-corrected chi connectivity index (χ1v) is 7.35. The van der Waals surface area contributed by atoms with Gasteiger partial charge in [-0.3, -0.25) is 9.59 Å². The number of carbonyl (C=O) groups excluding carboxylic acids is 2. The second kappa shape index (κ2) is 7.11. The monoisotopic (exact) mass is 290 g/mol. The fourth-order valence-electron chi connectivity index (χ4n) is 2.11. The minimum Gasteiger partial charge on any atom is -0.493 e. The van der Waals surface area contributed by atoms with E-state index in [2.05, 4.69) is 24.5 Å². The van der Waals surface area contributed by atoms with Crippen molar-refractivity contribution in [1.29, 1.82) is 0 Å². The van der Waals surface area contributed by atoms with Crippen LogP contribution in [-0.4, -0.2) is 31.0 Å². The van der Waals surface area contributed by atoms with Crippen molar-refractivity contribution in [2.75, 3.05) is 13.2 Å². The predicted octanol–water partition coefficient (Wildman–Crippen LogP) is 1.73. The van der Waals surface area contributed by atoms with Crippen LogP contribution in [0.2, 0.25) is 0 Å². The molecule has 1 aliphatic heterocycles. The van der Waals surface area contributed by atoms with E-state index in [1.165, 1.54) is 0 Å². The van der Waals surface area contributed by atoms with Crippen molar-refractivity contribution >= 4 is 11.8 Å². The number of hydrogen-bond acceptors (Lipinski definition) is 3. The van der Waals surface area contributed by atoms with Crippen LogP contribution < -0.4 is 15.4 Å². The number of piperidine rings is 1. The van der Waals surface area contributed by atoms with Gasteiger partial charge in [-0.2, -0.15) is 0 Å². The maximum absolute atomic E-state index is 12.2. The molecule has 1 saturated heterocycles. The second-order valence-corrected chi connectivity index (χ2v) is 5.75. The van der Waals surface area contributed by atoms with Crippen LogP contribution in [0.1, 0.15) is 37.0 Å². The highest BCUT2D eigenvalue weighted by Gasteiger charge is 2.20. The van der Waals surface area contributed by atoms with Crippen LogP contribution in [0.15, 0.2) is 24.3 Å². The molecular weight excluding hydrogens is 268 g/mol. The van der Waals surface area contributed by atoms with Gasteiger partial charge in [-0.1, -0.05) is 19.9 Å². The van der Waals surface area contributed by atoms with Crippen molar-refractivity contribution in [2.24, 2.45) is 5.92 Å². The molecule has 1 atom stereocenters. The number of carbonyl (C=O) groups is 2. The number of amides is 2. The zero-order chi connectivity index (χ0) is 15.2. The van der Waals surface area contributed by atoms with Gasteiger partial charge in [0.1, 0.15) is 5.75 Å². The highest BCUT2D eigenvalue weighted by Crippen LogP contribution is 2.15. The zero-order valence-electron chi connectivity index (χ0n) is 12.5. The average molecular weight is 290 g/mol. The van der Waals surface area contributed by atoms with E-state index >= 15 is 0 Å². The van der Waals surface area contributed by atoms with Crippen LogP contribution in [-0.2, 0) is 4.79 Å². The third-order valence-electron chi connectivity index (χ3n) is 3.28. The standard InChI is InChI=1S/C16H22N2O3/c1-11(2)10-21-14-5-3-4-12(8-14)16(20)18-13-6-7-15(19)17-9-13/h3-5,8,11,13H,6-7,9-10H2,1-2H3,(H,17,19)(H,18,20). The molecule has 0 saturated carbocycles. The van der Waals surface area contributed by atoms with Gasteiger partial charge in [0.25, 0.3) is 5.91 Å². The highest BCUT2D eigenvalue weighted by atomic mass is 16.5. The molecule has 1 aromatic carbocycles. The van der Waals surface area contributed by atoms with Crippen molar-refractivity contribution < 1.29 is 14.3 Å². The molecule has 1 aliphatic rings. The summed E-state index contributed by atoms with van der Waals surface area (Å²) in [5.41, 5.74) is 0.577. The predicted molar refractivity (Wildman–Crippen MR) is 80.3 cm³/mol. The molecule has 0 bridgehead atoms. The topological polar surface area (TPSA) is 67.4 Å². The summed E-state index contributed by atoms with van der Waals surface area (Å²) in [6.45, 7) is 5.27. The van der Waals surface area contributed by atoms with E-state index in [1.54, 1.807) is 12.1 Å². The summed E-state index contributed by atoms with van der Waals surface area (Å²) in [5.74, 6) is 1.05. The fourth-order valence-corrected chi connectivity index (χ4v) is 2.11. The third kappa shape index (κ3) is 4.77. The van der Waals surface area contributed by atoms with Crippen LogP contribution in [0.5, 0.6) is 5.75 Å². The van der Waals surface area contributed by atoms with Gasteiger partial charge in [-0.05, 0) is 30.5 Å². The fraction of sp³-hybridized carbons (Fsp3) is 0.500. The molecule has 5 nitrogen and oxygen atoms in total. The van der Waals surface area contributed by atoms with Gasteiger partial charge in [-0.25, -0.2) is 0 Å². The van der Waals surface area contributed by atoms with Gasteiger partial charge in [0.05, 0.1) is 6.61 Å². The largest absolute Gasteiger partial charge is 0.493 e. The molecule has 0 aliphatic carbocycles. The molecule has 0 aromatic heterocycles. The summed E-state index contributed by atoms with van der Waals surface area (Å²) in [7, 11) is 0. The van der Waals surface area contributed by atoms with Crippen LogP contribution in [0.4, 0.5) is 0 Å². The first kappa shape index (κ1) is 15.4. The quantitative estimate of drug-likeness (QED) is 0.868. The Kier molecular flexibility index (Phi) is 5.20. The van der Waals surface area contributed by atoms with E-state index in [9.17, 15) is 9.59 Å². The van der Waals surface area contributed by atoms with Gasteiger partial charge in [0, 0.05) is 24.6 Å². The number of benzene rings is 1. The first-order valence-electron chi connectivity index (χ1n) is 7.35. The molecule has 2 rings (SSSR count).